The predicted octanol–water partition coefficient (Wildman–Crippen LogP) is 3.92. The van der Waals surface area contributed by atoms with Gasteiger partial charge in [0.25, 0.3) is 5.91 Å². The second-order valence-electron chi connectivity index (χ2n) is 6.75. The Kier molecular flexibility index (Phi) is 4.88. The Balaban J connectivity index is 1.76. The van der Waals surface area contributed by atoms with E-state index in [1.807, 2.05) is 19.1 Å². The molecule has 1 saturated heterocycles. The number of anilines is 1. The Morgan fingerprint density at radius 2 is 1.96 bits per heavy atom. The minimum absolute atomic E-state index is 0.0785. The molecule has 1 atom stereocenters. The lowest BCUT2D eigenvalue weighted by atomic mass is 10.00. The Morgan fingerprint density at radius 1 is 1.16 bits per heavy atom. The van der Waals surface area contributed by atoms with E-state index in [4.69, 9.17) is 0 Å². The van der Waals surface area contributed by atoms with E-state index >= 15 is 0 Å². The van der Waals surface area contributed by atoms with Gasteiger partial charge in [0, 0.05) is 24.2 Å². The second-order valence-corrected chi connectivity index (χ2v) is 6.75. The van der Waals surface area contributed by atoms with Gasteiger partial charge in [-0.2, -0.15) is 0 Å². The van der Waals surface area contributed by atoms with Gasteiger partial charge in [-0.25, -0.2) is 0 Å². The van der Waals surface area contributed by atoms with Gasteiger partial charge in [0.15, 0.2) is 0 Å². The molecule has 1 N–H and O–H groups in total. The van der Waals surface area contributed by atoms with Crippen LogP contribution in [0.3, 0.4) is 0 Å². The maximum absolute atomic E-state index is 12.6. The summed E-state index contributed by atoms with van der Waals surface area (Å²) in [5.41, 5.74) is 4.87. The van der Waals surface area contributed by atoms with E-state index in [0.717, 1.165) is 24.2 Å². The summed E-state index contributed by atoms with van der Waals surface area (Å²) >= 11 is 0. The Bertz CT molecular complexity index is 813. The number of carbonyl (C=O) groups is 2. The van der Waals surface area contributed by atoms with Crippen molar-refractivity contribution in [3.8, 4) is 0 Å². The third-order valence-corrected chi connectivity index (χ3v) is 4.73. The van der Waals surface area contributed by atoms with Crippen molar-refractivity contribution in [2.45, 2.75) is 39.7 Å². The molecule has 4 heteroatoms. The fourth-order valence-electron chi connectivity index (χ4n) is 3.41. The van der Waals surface area contributed by atoms with E-state index < -0.39 is 0 Å². The van der Waals surface area contributed by atoms with Gasteiger partial charge in [-0.05, 0) is 56.5 Å². The maximum atomic E-state index is 12.6. The van der Waals surface area contributed by atoms with Gasteiger partial charge in [-0.1, -0.05) is 29.8 Å². The molecule has 0 radical (unpaired) electrons. The molecule has 1 aliphatic heterocycles. The van der Waals surface area contributed by atoms with E-state index in [9.17, 15) is 9.59 Å². The molecule has 2 amide bonds. The first-order chi connectivity index (χ1) is 12.0. The largest absolute Gasteiger partial charge is 0.346 e. The molecule has 0 bridgehead atoms. The van der Waals surface area contributed by atoms with Crippen LogP contribution in [0.2, 0.25) is 0 Å². The van der Waals surface area contributed by atoms with Gasteiger partial charge in [-0.15, -0.1) is 0 Å². The smallest absolute Gasteiger partial charge is 0.251 e. The molecular formula is C21H24N2O2. The molecule has 3 rings (SSSR count). The van der Waals surface area contributed by atoms with Crippen molar-refractivity contribution in [3.05, 3.63) is 64.7 Å². The number of hydrogen-bond donors (Lipinski definition) is 1. The number of aryl methyl sites for hydroxylation is 2. The van der Waals surface area contributed by atoms with Crippen molar-refractivity contribution in [1.29, 1.82) is 0 Å². The van der Waals surface area contributed by atoms with Crippen LogP contribution in [0.1, 0.15) is 52.9 Å². The number of amides is 2. The van der Waals surface area contributed by atoms with Gasteiger partial charge < -0.3 is 10.2 Å². The molecule has 130 valence electrons. The average molecular weight is 336 g/mol. The lowest BCUT2D eigenvalue weighted by Gasteiger charge is -2.19. The monoisotopic (exact) mass is 336 g/mol. The van der Waals surface area contributed by atoms with Crippen LogP contribution in [-0.4, -0.2) is 18.4 Å². The van der Waals surface area contributed by atoms with Gasteiger partial charge in [0.1, 0.15) is 0 Å². The van der Waals surface area contributed by atoms with Crippen molar-refractivity contribution < 1.29 is 9.59 Å². The molecule has 0 aliphatic carbocycles. The molecule has 0 saturated carbocycles. The molecule has 1 fully saturated rings. The Labute approximate surface area is 148 Å². The summed E-state index contributed by atoms with van der Waals surface area (Å²) in [7, 11) is 0. The van der Waals surface area contributed by atoms with Crippen molar-refractivity contribution in [3.63, 3.8) is 0 Å². The molecule has 0 spiro atoms. The fraction of sp³-hybridized carbons (Fsp3) is 0.333. The predicted molar refractivity (Wildman–Crippen MR) is 99.8 cm³/mol. The number of nitrogens with one attached hydrogen (secondary N) is 1. The molecule has 1 aliphatic rings. The van der Waals surface area contributed by atoms with Gasteiger partial charge >= 0.3 is 0 Å². The summed E-state index contributed by atoms with van der Waals surface area (Å²) in [5.74, 6) is 0.00202. The summed E-state index contributed by atoms with van der Waals surface area (Å²) in [5, 5.41) is 3.06. The highest BCUT2D eigenvalue weighted by molar-refractivity contribution is 5.99. The van der Waals surface area contributed by atoms with Gasteiger partial charge in [0.05, 0.1) is 6.04 Å². The average Bonchev–Trinajstić information content (AvgIpc) is 3.01. The van der Waals surface area contributed by atoms with E-state index in [1.54, 1.807) is 17.0 Å². The van der Waals surface area contributed by atoms with Crippen LogP contribution in [0, 0.1) is 13.8 Å². The van der Waals surface area contributed by atoms with Gasteiger partial charge in [0.2, 0.25) is 5.91 Å². The van der Waals surface area contributed by atoms with Crippen LogP contribution >= 0.6 is 0 Å². The van der Waals surface area contributed by atoms with Crippen LogP contribution in [0.25, 0.3) is 0 Å². The Morgan fingerprint density at radius 3 is 2.64 bits per heavy atom. The van der Waals surface area contributed by atoms with E-state index in [2.05, 4.69) is 37.4 Å². The van der Waals surface area contributed by atoms with Crippen LogP contribution < -0.4 is 10.2 Å². The Hall–Kier alpha value is -2.62. The highest BCUT2D eigenvalue weighted by Gasteiger charge is 2.22. The molecule has 1 heterocycles. The normalized spacial score (nSPS) is 15.3. The first-order valence-corrected chi connectivity index (χ1v) is 8.74. The van der Waals surface area contributed by atoms with Crippen LogP contribution in [0.5, 0.6) is 0 Å². The SMILES string of the molecule is Cc1ccc(C(C)NC(=O)c2cccc(N3CCCC3=O)c2)c(C)c1. The zero-order valence-electron chi connectivity index (χ0n) is 15.0. The van der Waals surface area contributed by atoms with Crippen LogP contribution in [-0.2, 0) is 4.79 Å². The summed E-state index contributed by atoms with van der Waals surface area (Å²) in [4.78, 5) is 26.3. The lowest BCUT2D eigenvalue weighted by Crippen LogP contribution is -2.28. The third kappa shape index (κ3) is 3.73. The number of nitrogens with zero attached hydrogens (tertiary/aromatic N) is 1. The first kappa shape index (κ1) is 17.2. The molecule has 4 nitrogen and oxygen atoms in total. The maximum Gasteiger partial charge on any atom is 0.251 e. The molecule has 2 aromatic rings. The fourth-order valence-corrected chi connectivity index (χ4v) is 3.41. The summed E-state index contributed by atoms with van der Waals surface area (Å²) in [6.07, 6.45) is 1.46. The minimum atomic E-state index is -0.124. The standard InChI is InChI=1S/C21H24N2O2/c1-14-9-10-19(15(2)12-14)16(3)22-21(25)17-6-4-7-18(13-17)23-11-5-8-20(23)24/h4,6-7,9-10,12-13,16H,5,8,11H2,1-3H3,(H,22,25). The number of benzene rings is 2. The topological polar surface area (TPSA) is 49.4 Å². The highest BCUT2D eigenvalue weighted by atomic mass is 16.2. The summed E-state index contributed by atoms with van der Waals surface area (Å²) in [6, 6.07) is 13.5. The molecule has 2 aromatic carbocycles. The van der Waals surface area contributed by atoms with Crippen molar-refractivity contribution in [2.75, 3.05) is 11.4 Å². The summed E-state index contributed by atoms with van der Waals surface area (Å²) in [6.45, 7) is 6.84. The third-order valence-electron chi connectivity index (χ3n) is 4.73. The lowest BCUT2D eigenvalue weighted by molar-refractivity contribution is -0.117. The molecule has 1 unspecified atom stereocenters. The highest BCUT2D eigenvalue weighted by Crippen LogP contribution is 2.23. The van der Waals surface area contributed by atoms with Crippen LogP contribution in [0.15, 0.2) is 42.5 Å². The van der Waals surface area contributed by atoms with Crippen molar-refractivity contribution >= 4 is 17.5 Å². The van der Waals surface area contributed by atoms with Crippen molar-refractivity contribution in [2.24, 2.45) is 0 Å². The first-order valence-electron chi connectivity index (χ1n) is 8.74. The number of carbonyl (C=O) groups excluding carboxylic acids is 2. The van der Waals surface area contributed by atoms with Gasteiger partial charge in [-0.3, -0.25) is 9.59 Å². The summed E-state index contributed by atoms with van der Waals surface area (Å²) < 4.78 is 0. The zero-order chi connectivity index (χ0) is 18.0. The van der Waals surface area contributed by atoms with E-state index in [-0.39, 0.29) is 17.9 Å². The van der Waals surface area contributed by atoms with E-state index in [0.29, 0.717) is 12.0 Å². The molecule has 25 heavy (non-hydrogen) atoms. The number of rotatable bonds is 4. The second kappa shape index (κ2) is 7.09. The van der Waals surface area contributed by atoms with E-state index in [1.165, 1.54) is 11.1 Å². The van der Waals surface area contributed by atoms with Crippen molar-refractivity contribution in [1.82, 2.24) is 5.32 Å². The minimum Gasteiger partial charge on any atom is -0.346 e. The molecular weight excluding hydrogens is 312 g/mol. The number of hydrogen-bond acceptors (Lipinski definition) is 2. The van der Waals surface area contributed by atoms with Crippen LogP contribution in [0.4, 0.5) is 5.69 Å². The molecule has 0 aromatic heterocycles. The quantitative estimate of drug-likeness (QED) is 0.920. The zero-order valence-corrected chi connectivity index (χ0v) is 15.0.